The van der Waals surface area contributed by atoms with Crippen LogP contribution in [0.3, 0.4) is 0 Å². The Labute approximate surface area is 129 Å². The third kappa shape index (κ3) is 5.68. The molecule has 0 radical (unpaired) electrons. The summed E-state index contributed by atoms with van der Waals surface area (Å²) in [5.74, 6) is 0.976. The second-order valence-electron chi connectivity index (χ2n) is 6.00. The number of hydrogen-bond acceptors (Lipinski definition) is 3. The molecule has 1 fully saturated rings. The van der Waals surface area contributed by atoms with E-state index in [0.29, 0.717) is 12.1 Å². The van der Waals surface area contributed by atoms with E-state index in [4.69, 9.17) is 9.47 Å². The summed E-state index contributed by atoms with van der Waals surface area (Å²) < 4.78 is 11.3. The Morgan fingerprint density at radius 3 is 2.71 bits per heavy atom. The van der Waals surface area contributed by atoms with Gasteiger partial charge in [0.2, 0.25) is 0 Å². The molecule has 0 bridgehead atoms. The Morgan fingerprint density at radius 2 is 1.95 bits per heavy atom. The van der Waals surface area contributed by atoms with Crippen LogP contribution < -0.4 is 10.1 Å². The van der Waals surface area contributed by atoms with E-state index in [-0.39, 0.29) is 0 Å². The van der Waals surface area contributed by atoms with Gasteiger partial charge in [0.05, 0.1) is 19.8 Å². The van der Waals surface area contributed by atoms with Crippen molar-refractivity contribution in [3.63, 3.8) is 0 Å². The zero-order chi connectivity index (χ0) is 14.9. The van der Waals surface area contributed by atoms with Crippen molar-refractivity contribution in [1.29, 1.82) is 0 Å². The molecular weight excluding hydrogens is 262 g/mol. The van der Waals surface area contributed by atoms with Gasteiger partial charge in [-0.05, 0) is 37.8 Å². The van der Waals surface area contributed by atoms with Gasteiger partial charge in [-0.3, -0.25) is 0 Å². The maximum atomic E-state index is 5.94. The Kier molecular flexibility index (Phi) is 7.04. The average molecular weight is 291 g/mol. The molecule has 1 aromatic rings. The smallest absolute Gasteiger partial charge is 0.122 e. The zero-order valence-electron chi connectivity index (χ0n) is 13.4. The highest BCUT2D eigenvalue weighted by Gasteiger charge is 2.13. The van der Waals surface area contributed by atoms with Crippen molar-refractivity contribution in [1.82, 2.24) is 5.32 Å². The molecule has 3 nitrogen and oxygen atoms in total. The van der Waals surface area contributed by atoms with E-state index < -0.39 is 0 Å². The highest BCUT2D eigenvalue weighted by atomic mass is 16.5. The molecule has 1 aliphatic rings. The first-order valence-corrected chi connectivity index (χ1v) is 8.26. The summed E-state index contributed by atoms with van der Waals surface area (Å²) in [4.78, 5) is 0. The number of benzene rings is 1. The fourth-order valence-corrected chi connectivity index (χ4v) is 3.04. The molecule has 1 N–H and O–H groups in total. The molecule has 2 rings (SSSR count). The molecule has 1 aliphatic carbocycles. The van der Waals surface area contributed by atoms with Gasteiger partial charge in [0, 0.05) is 12.6 Å². The minimum atomic E-state index is 0.427. The number of ether oxygens (including phenoxy) is 2. The van der Waals surface area contributed by atoms with Gasteiger partial charge in [-0.2, -0.15) is 0 Å². The molecule has 1 unspecified atom stereocenters. The monoisotopic (exact) mass is 291 g/mol. The van der Waals surface area contributed by atoms with E-state index in [9.17, 15) is 0 Å². The summed E-state index contributed by atoms with van der Waals surface area (Å²) in [5, 5.41) is 3.54. The summed E-state index contributed by atoms with van der Waals surface area (Å²) in [6, 6.07) is 8.66. The number of rotatable bonds is 8. The normalized spacial score (nSPS) is 17.6. The second kappa shape index (κ2) is 9.06. The Morgan fingerprint density at radius 1 is 1.19 bits per heavy atom. The topological polar surface area (TPSA) is 30.5 Å². The molecule has 118 valence electrons. The summed E-state index contributed by atoms with van der Waals surface area (Å²) in [7, 11) is 1.73. The third-order valence-corrected chi connectivity index (χ3v) is 4.22. The van der Waals surface area contributed by atoms with Gasteiger partial charge in [-0.1, -0.05) is 37.5 Å². The first-order chi connectivity index (χ1) is 10.3. The van der Waals surface area contributed by atoms with Gasteiger partial charge in [-0.25, -0.2) is 0 Å². The molecule has 0 amide bonds. The van der Waals surface area contributed by atoms with Crippen LogP contribution in [-0.2, 0) is 11.2 Å². The van der Waals surface area contributed by atoms with E-state index in [1.54, 1.807) is 7.11 Å². The quantitative estimate of drug-likeness (QED) is 0.743. The highest BCUT2D eigenvalue weighted by molar-refractivity contribution is 5.33. The SMILES string of the molecule is COc1ccccc1CC(C)NCCOC1CCCCC1. The van der Waals surface area contributed by atoms with E-state index in [2.05, 4.69) is 24.4 Å². The summed E-state index contributed by atoms with van der Waals surface area (Å²) in [6.07, 6.45) is 8.03. The lowest BCUT2D eigenvalue weighted by molar-refractivity contribution is 0.0295. The third-order valence-electron chi connectivity index (χ3n) is 4.22. The molecule has 0 spiro atoms. The molecule has 1 saturated carbocycles. The van der Waals surface area contributed by atoms with E-state index in [0.717, 1.165) is 25.3 Å². The van der Waals surface area contributed by atoms with Crippen molar-refractivity contribution in [2.75, 3.05) is 20.3 Å². The van der Waals surface area contributed by atoms with Crippen molar-refractivity contribution in [3.05, 3.63) is 29.8 Å². The van der Waals surface area contributed by atoms with E-state index in [1.807, 2.05) is 12.1 Å². The highest BCUT2D eigenvalue weighted by Crippen LogP contribution is 2.20. The van der Waals surface area contributed by atoms with Crippen molar-refractivity contribution in [3.8, 4) is 5.75 Å². The van der Waals surface area contributed by atoms with Crippen LogP contribution in [0.1, 0.15) is 44.6 Å². The molecular formula is C18H29NO2. The van der Waals surface area contributed by atoms with Crippen molar-refractivity contribution < 1.29 is 9.47 Å². The molecule has 0 saturated heterocycles. The average Bonchev–Trinajstić information content (AvgIpc) is 2.53. The van der Waals surface area contributed by atoms with Crippen LogP contribution in [0, 0.1) is 0 Å². The summed E-state index contributed by atoms with van der Waals surface area (Å²) in [6.45, 7) is 3.96. The number of methoxy groups -OCH3 is 1. The minimum Gasteiger partial charge on any atom is -0.496 e. The standard InChI is InChI=1S/C18H29NO2/c1-15(14-16-8-6-7-11-18(16)20-2)19-12-13-21-17-9-4-3-5-10-17/h6-8,11,15,17,19H,3-5,9-10,12-14H2,1-2H3. The molecule has 1 atom stereocenters. The van der Waals surface area contributed by atoms with Crippen molar-refractivity contribution in [2.24, 2.45) is 0 Å². The molecule has 0 aromatic heterocycles. The minimum absolute atomic E-state index is 0.427. The predicted octanol–water partition coefficient (Wildman–Crippen LogP) is 3.57. The zero-order valence-corrected chi connectivity index (χ0v) is 13.4. The Hall–Kier alpha value is -1.06. The predicted molar refractivity (Wildman–Crippen MR) is 87.0 cm³/mol. The van der Waals surface area contributed by atoms with Crippen LogP contribution in [0.15, 0.2) is 24.3 Å². The Bertz CT molecular complexity index is 402. The van der Waals surface area contributed by atoms with Crippen LogP contribution >= 0.6 is 0 Å². The fourth-order valence-electron chi connectivity index (χ4n) is 3.04. The molecule has 0 aliphatic heterocycles. The number of hydrogen-bond donors (Lipinski definition) is 1. The van der Waals surface area contributed by atoms with Gasteiger partial charge in [-0.15, -0.1) is 0 Å². The van der Waals surface area contributed by atoms with Gasteiger partial charge in [0.25, 0.3) is 0 Å². The first kappa shape index (κ1) is 16.3. The second-order valence-corrected chi connectivity index (χ2v) is 6.00. The molecule has 3 heteroatoms. The summed E-state index contributed by atoms with van der Waals surface area (Å²) >= 11 is 0. The maximum Gasteiger partial charge on any atom is 0.122 e. The number of para-hydroxylation sites is 1. The maximum absolute atomic E-state index is 5.94. The molecule has 0 heterocycles. The van der Waals surface area contributed by atoms with Crippen LogP contribution in [0.4, 0.5) is 0 Å². The van der Waals surface area contributed by atoms with Crippen molar-refractivity contribution in [2.45, 2.75) is 57.6 Å². The van der Waals surface area contributed by atoms with Crippen LogP contribution in [0.2, 0.25) is 0 Å². The molecule has 1 aromatic carbocycles. The van der Waals surface area contributed by atoms with E-state index in [1.165, 1.54) is 37.7 Å². The fraction of sp³-hybridized carbons (Fsp3) is 0.667. The lowest BCUT2D eigenvalue weighted by Gasteiger charge is -2.22. The Balaban J connectivity index is 1.64. The van der Waals surface area contributed by atoms with Gasteiger partial charge in [0.1, 0.15) is 5.75 Å². The molecule has 21 heavy (non-hydrogen) atoms. The van der Waals surface area contributed by atoms with Gasteiger partial charge in [0.15, 0.2) is 0 Å². The van der Waals surface area contributed by atoms with Crippen LogP contribution in [0.5, 0.6) is 5.75 Å². The largest absolute Gasteiger partial charge is 0.496 e. The lowest BCUT2D eigenvalue weighted by Crippen LogP contribution is -2.32. The lowest BCUT2D eigenvalue weighted by atomic mass is 9.98. The number of nitrogens with one attached hydrogen (secondary N) is 1. The van der Waals surface area contributed by atoms with Crippen LogP contribution in [-0.4, -0.2) is 32.4 Å². The van der Waals surface area contributed by atoms with Gasteiger partial charge < -0.3 is 14.8 Å². The first-order valence-electron chi connectivity index (χ1n) is 8.26. The van der Waals surface area contributed by atoms with Crippen LogP contribution in [0.25, 0.3) is 0 Å². The summed E-state index contributed by atoms with van der Waals surface area (Å²) in [5.41, 5.74) is 1.26. The van der Waals surface area contributed by atoms with E-state index >= 15 is 0 Å². The van der Waals surface area contributed by atoms with Crippen molar-refractivity contribution >= 4 is 0 Å². The van der Waals surface area contributed by atoms with Gasteiger partial charge >= 0.3 is 0 Å².